The zero-order valence-electron chi connectivity index (χ0n) is 23.7. The van der Waals surface area contributed by atoms with Gasteiger partial charge < -0.3 is 20.7 Å². The highest BCUT2D eigenvalue weighted by Gasteiger charge is 2.43. The fraction of sp³-hybridized carbons (Fsp3) is 0.655. The molecule has 0 radical (unpaired) electrons. The van der Waals surface area contributed by atoms with E-state index in [0.29, 0.717) is 11.4 Å². The zero-order chi connectivity index (χ0) is 27.0. The van der Waals surface area contributed by atoms with Crippen LogP contribution < -0.4 is 15.8 Å². The van der Waals surface area contributed by atoms with Gasteiger partial charge in [-0.3, -0.25) is 4.90 Å². The van der Waals surface area contributed by atoms with Gasteiger partial charge in [0, 0.05) is 35.4 Å². The van der Waals surface area contributed by atoms with Gasteiger partial charge >= 0.3 is 0 Å². The minimum atomic E-state index is -0.463. The number of nitrogens with two attached hydrogens (primary N) is 1. The largest absolute Gasteiger partial charge is 0.485 e. The molecule has 0 atom stereocenters. The Balaban J connectivity index is 1.52. The lowest BCUT2D eigenvalue weighted by Crippen LogP contribution is -2.61. The lowest BCUT2D eigenvalue weighted by atomic mass is 9.77. The van der Waals surface area contributed by atoms with Crippen LogP contribution in [0.15, 0.2) is 24.4 Å². The molecule has 2 aliphatic heterocycles. The second kappa shape index (κ2) is 10.4. The number of likely N-dealkylation sites (tertiary alicyclic amines) is 2. The summed E-state index contributed by atoms with van der Waals surface area (Å²) in [7, 11) is 2.18. The zero-order valence-corrected chi connectivity index (χ0v) is 23.7. The van der Waals surface area contributed by atoms with Crippen molar-refractivity contribution in [3.63, 3.8) is 0 Å². The van der Waals surface area contributed by atoms with Crippen molar-refractivity contribution in [1.29, 1.82) is 0 Å². The SMILES string of the molecule is CN1C(C)(C)CC(Nc2nc(N)ncc2-c2ccc(OC(C)(C)CCN3CCCC3)c(F)c2)CC1(C)C. The van der Waals surface area contributed by atoms with Gasteiger partial charge in [-0.2, -0.15) is 4.98 Å². The van der Waals surface area contributed by atoms with Gasteiger partial charge in [0.15, 0.2) is 11.6 Å². The van der Waals surface area contributed by atoms with Gasteiger partial charge in [-0.15, -0.1) is 0 Å². The number of nitrogens with zero attached hydrogens (tertiary/aromatic N) is 4. The summed E-state index contributed by atoms with van der Waals surface area (Å²) in [5.41, 5.74) is 6.96. The molecule has 2 aliphatic rings. The number of aromatic nitrogens is 2. The number of halogens is 1. The number of rotatable bonds is 8. The van der Waals surface area contributed by atoms with Crippen molar-refractivity contribution in [3.8, 4) is 16.9 Å². The third kappa shape index (κ3) is 6.52. The predicted octanol–water partition coefficient (Wildman–Crippen LogP) is 5.57. The van der Waals surface area contributed by atoms with Crippen molar-refractivity contribution < 1.29 is 9.13 Å². The van der Waals surface area contributed by atoms with E-state index in [1.54, 1.807) is 12.3 Å². The van der Waals surface area contributed by atoms with Crippen molar-refractivity contribution >= 4 is 11.8 Å². The van der Waals surface area contributed by atoms with Gasteiger partial charge in [0.25, 0.3) is 0 Å². The second-order valence-corrected chi connectivity index (χ2v) is 12.7. The number of hydrogen-bond acceptors (Lipinski definition) is 7. The molecular weight excluding hydrogens is 467 g/mol. The third-order valence-electron chi connectivity index (χ3n) is 8.31. The summed E-state index contributed by atoms with van der Waals surface area (Å²) >= 11 is 0. The van der Waals surface area contributed by atoms with Crippen LogP contribution in [0.2, 0.25) is 0 Å². The number of anilines is 2. The van der Waals surface area contributed by atoms with Crippen LogP contribution in [-0.2, 0) is 0 Å². The molecule has 204 valence electrons. The van der Waals surface area contributed by atoms with Crippen LogP contribution >= 0.6 is 0 Å². The summed E-state index contributed by atoms with van der Waals surface area (Å²) in [4.78, 5) is 13.6. The fourth-order valence-electron chi connectivity index (χ4n) is 5.92. The van der Waals surface area contributed by atoms with Gasteiger partial charge in [0.1, 0.15) is 11.4 Å². The normalized spacial score (nSPS) is 20.8. The molecule has 7 nitrogen and oxygen atoms in total. The van der Waals surface area contributed by atoms with E-state index in [0.717, 1.165) is 44.5 Å². The first-order valence-electron chi connectivity index (χ1n) is 13.6. The quantitative estimate of drug-likeness (QED) is 0.479. The van der Waals surface area contributed by atoms with Crippen molar-refractivity contribution in [3.05, 3.63) is 30.2 Å². The van der Waals surface area contributed by atoms with Crippen molar-refractivity contribution in [2.75, 3.05) is 37.7 Å². The molecule has 0 unspecified atom stereocenters. The number of hydrogen-bond donors (Lipinski definition) is 2. The molecule has 37 heavy (non-hydrogen) atoms. The maximum absolute atomic E-state index is 15.3. The fourth-order valence-corrected chi connectivity index (χ4v) is 5.92. The van der Waals surface area contributed by atoms with Gasteiger partial charge in [0.05, 0.1) is 0 Å². The molecule has 0 aliphatic carbocycles. The average molecular weight is 513 g/mol. The van der Waals surface area contributed by atoms with Crippen LogP contribution in [0.1, 0.15) is 73.6 Å². The standard InChI is InChI=1S/C29H45FN6O/c1-27(2)17-21(18-28(3,4)35(27)7)33-25-22(19-32-26(31)34-25)20-10-11-24(23(30)16-20)37-29(5,6)12-15-36-13-8-9-14-36/h10-11,16,19,21H,8-9,12-15,17-18H2,1-7H3,(H3,31,32,33,34). The lowest BCUT2D eigenvalue weighted by Gasteiger charge is -2.53. The van der Waals surface area contributed by atoms with E-state index in [1.807, 2.05) is 19.9 Å². The van der Waals surface area contributed by atoms with Crippen LogP contribution in [0.4, 0.5) is 16.2 Å². The highest BCUT2D eigenvalue weighted by molar-refractivity contribution is 5.75. The third-order valence-corrected chi connectivity index (χ3v) is 8.31. The summed E-state index contributed by atoms with van der Waals surface area (Å²) in [6.07, 6.45) is 6.93. The summed E-state index contributed by atoms with van der Waals surface area (Å²) in [5, 5.41) is 3.62. The van der Waals surface area contributed by atoms with E-state index in [2.05, 4.69) is 59.8 Å². The van der Waals surface area contributed by atoms with E-state index in [1.165, 1.54) is 18.9 Å². The molecule has 2 aromatic rings. The minimum Gasteiger partial charge on any atom is -0.485 e. The molecule has 4 rings (SSSR count). The topological polar surface area (TPSA) is 79.5 Å². The Labute approximate surface area is 222 Å². The van der Waals surface area contributed by atoms with Gasteiger partial charge in [0.2, 0.25) is 5.95 Å². The first kappa shape index (κ1) is 27.6. The molecule has 0 spiro atoms. The minimum absolute atomic E-state index is 0.0187. The van der Waals surface area contributed by atoms with E-state index in [4.69, 9.17) is 10.5 Å². The Kier molecular flexibility index (Phi) is 7.73. The summed E-state index contributed by atoms with van der Waals surface area (Å²) < 4.78 is 21.4. The first-order chi connectivity index (χ1) is 17.3. The van der Waals surface area contributed by atoms with Crippen molar-refractivity contribution in [2.24, 2.45) is 0 Å². The summed E-state index contributed by atoms with van der Waals surface area (Å²) in [5.74, 6) is 0.696. The highest BCUT2D eigenvalue weighted by atomic mass is 19.1. The lowest BCUT2D eigenvalue weighted by molar-refractivity contribution is -0.00771. The first-order valence-corrected chi connectivity index (χ1v) is 13.6. The molecule has 3 heterocycles. The molecule has 0 amide bonds. The Hall–Kier alpha value is -2.45. The summed E-state index contributed by atoms with van der Waals surface area (Å²) in [6, 6.07) is 5.29. The molecule has 8 heteroatoms. The summed E-state index contributed by atoms with van der Waals surface area (Å²) in [6.45, 7) is 16.4. The molecule has 1 aromatic heterocycles. The van der Waals surface area contributed by atoms with Gasteiger partial charge in [-0.05, 0) is 111 Å². The maximum Gasteiger partial charge on any atom is 0.221 e. The predicted molar refractivity (Wildman–Crippen MR) is 149 cm³/mol. The number of ether oxygens (including phenoxy) is 1. The monoisotopic (exact) mass is 512 g/mol. The molecule has 0 bridgehead atoms. The van der Waals surface area contributed by atoms with Crippen LogP contribution in [-0.4, -0.2) is 69.2 Å². The highest BCUT2D eigenvalue weighted by Crippen LogP contribution is 2.39. The number of piperidine rings is 1. The number of nitrogen functional groups attached to an aromatic ring is 1. The molecule has 2 fully saturated rings. The van der Waals surface area contributed by atoms with E-state index in [-0.39, 0.29) is 28.8 Å². The Morgan fingerprint density at radius 3 is 2.41 bits per heavy atom. The van der Waals surface area contributed by atoms with Gasteiger partial charge in [-0.1, -0.05) is 6.07 Å². The van der Waals surface area contributed by atoms with Crippen LogP contribution in [0, 0.1) is 5.82 Å². The van der Waals surface area contributed by atoms with Crippen molar-refractivity contribution in [1.82, 2.24) is 19.8 Å². The molecule has 0 saturated carbocycles. The van der Waals surface area contributed by atoms with Crippen LogP contribution in [0.5, 0.6) is 5.75 Å². The average Bonchev–Trinajstić information content (AvgIpc) is 3.31. The molecule has 3 N–H and O–H groups in total. The molecule has 2 saturated heterocycles. The van der Waals surface area contributed by atoms with E-state index >= 15 is 4.39 Å². The Morgan fingerprint density at radius 2 is 1.78 bits per heavy atom. The van der Waals surface area contributed by atoms with Gasteiger partial charge in [-0.25, -0.2) is 9.37 Å². The van der Waals surface area contributed by atoms with E-state index in [9.17, 15) is 0 Å². The van der Waals surface area contributed by atoms with E-state index < -0.39 is 11.4 Å². The molecular formula is C29H45FN6O. The van der Waals surface area contributed by atoms with Crippen molar-refractivity contribution in [2.45, 2.75) is 96.4 Å². The Morgan fingerprint density at radius 1 is 1.14 bits per heavy atom. The van der Waals surface area contributed by atoms with Crippen LogP contribution in [0.25, 0.3) is 11.1 Å². The number of nitrogens with one attached hydrogen (secondary N) is 1. The Bertz CT molecular complexity index is 1080. The van der Waals surface area contributed by atoms with Crippen LogP contribution in [0.3, 0.4) is 0 Å². The maximum atomic E-state index is 15.3. The molecule has 1 aromatic carbocycles. The smallest absolute Gasteiger partial charge is 0.221 e. The second-order valence-electron chi connectivity index (χ2n) is 12.7. The number of benzene rings is 1.